The van der Waals surface area contributed by atoms with Crippen molar-refractivity contribution >= 4 is 28.9 Å². The lowest BCUT2D eigenvalue weighted by molar-refractivity contribution is -0.143. The van der Waals surface area contributed by atoms with E-state index in [4.69, 9.17) is 9.47 Å². The molecule has 132 valence electrons. The minimum Gasteiger partial charge on any atom is -0.465 e. The number of rotatable bonds is 5. The second kappa shape index (κ2) is 7.70. The average Bonchev–Trinajstić information content (AvgIpc) is 3.03. The Labute approximate surface area is 151 Å². The third kappa shape index (κ3) is 3.52. The highest BCUT2D eigenvalue weighted by Crippen LogP contribution is 2.25. The summed E-state index contributed by atoms with van der Waals surface area (Å²) in [5, 5.41) is 0.939. The van der Waals surface area contributed by atoms with E-state index in [0.29, 0.717) is 6.54 Å². The number of nitrogens with zero attached hydrogens (tertiary/aromatic N) is 1. The summed E-state index contributed by atoms with van der Waals surface area (Å²) in [4.78, 5) is 23.9. The highest BCUT2D eigenvalue weighted by molar-refractivity contribution is 6.18. The van der Waals surface area contributed by atoms with Gasteiger partial charge in [0.25, 0.3) is 0 Å². The molecule has 0 spiro atoms. The molecule has 0 saturated heterocycles. The fourth-order valence-corrected chi connectivity index (χ4v) is 2.88. The van der Waals surface area contributed by atoms with E-state index in [-0.39, 0.29) is 5.57 Å². The van der Waals surface area contributed by atoms with Gasteiger partial charge in [-0.05, 0) is 17.7 Å². The summed E-state index contributed by atoms with van der Waals surface area (Å²) >= 11 is 0. The minimum atomic E-state index is -0.725. The topological polar surface area (TPSA) is 57.5 Å². The molecule has 0 amide bonds. The van der Waals surface area contributed by atoms with Gasteiger partial charge in [0, 0.05) is 29.2 Å². The van der Waals surface area contributed by atoms with Gasteiger partial charge in [0.2, 0.25) is 0 Å². The zero-order chi connectivity index (χ0) is 18.5. The van der Waals surface area contributed by atoms with Gasteiger partial charge in [-0.2, -0.15) is 0 Å². The first kappa shape index (κ1) is 17.5. The first-order chi connectivity index (χ1) is 12.6. The predicted molar refractivity (Wildman–Crippen MR) is 99.5 cm³/mol. The Bertz CT molecular complexity index is 952. The van der Waals surface area contributed by atoms with Crippen molar-refractivity contribution in [1.82, 2.24) is 4.57 Å². The number of carbonyl (C=O) groups excluding carboxylic acids is 2. The molecule has 0 aliphatic heterocycles. The fourth-order valence-electron chi connectivity index (χ4n) is 2.88. The van der Waals surface area contributed by atoms with Crippen LogP contribution in [0.15, 0.2) is 66.4 Å². The number of hydrogen-bond acceptors (Lipinski definition) is 4. The van der Waals surface area contributed by atoms with Crippen LogP contribution in [0.25, 0.3) is 17.0 Å². The Hall–Kier alpha value is -3.34. The van der Waals surface area contributed by atoms with Crippen molar-refractivity contribution in [3.63, 3.8) is 0 Å². The third-order valence-electron chi connectivity index (χ3n) is 4.13. The molecule has 5 heteroatoms. The molecular formula is C21H19NO4. The molecule has 3 aromatic rings. The molecule has 0 radical (unpaired) electrons. The maximum absolute atomic E-state index is 12.0. The first-order valence-corrected chi connectivity index (χ1v) is 8.14. The summed E-state index contributed by atoms with van der Waals surface area (Å²) in [7, 11) is 2.47. The molecule has 0 fully saturated rings. The molecule has 0 N–H and O–H groups in total. The quantitative estimate of drug-likeness (QED) is 0.306. The molecule has 5 nitrogen and oxygen atoms in total. The maximum atomic E-state index is 12.0. The van der Waals surface area contributed by atoms with Crippen LogP contribution in [0.4, 0.5) is 0 Å². The number of hydrogen-bond donors (Lipinski definition) is 0. The first-order valence-electron chi connectivity index (χ1n) is 8.14. The fraction of sp³-hybridized carbons (Fsp3) is 0.143. The number of esters is 2. The van der Waals surface area contributed by atoms with Crippen molar-refractivity contribution in [2.75, 3.05) is 14.2 Å². The lowest BCUT2D eigenvalue weighted by atomic mass is 10.1. The Kier molecular flexibility index (Phi) is 5.17. The number of methoxy groups -OCH3 is 2. The van der Waals surface area contributed by atoms with Crippen molar-refractivity contribution in [3.05, 3.63) is 77.5 Å². The third-order valence-corrected chi connectivity index (χ3v) is 4.13. The molecule has 26 heavy (non-hydrogen) atoms. The Morgan fingerprint density at radius 3 is 2.19 bits per heavy atom. The van der Waals surface area contributed by atoms with Crippen LogP contribution in [0, 0.1) is 0 Å². The van der Waals surface area contributed by atoms with Crippen LogP contribution in [-0.4, -0.2) is 30.7 Å². The molecule has 0 unspecified atom stereocenters. The van der Waals surface area contributed by atoms with Gasteiger partial charge in [-0.3, -0.25) is 0 Å². The van der Waals surface area contributed by atoms with Gasteiger partial charge in [0.05, 0.1) is 14.2 Å². The van der Waals surface area contributed by atoms with Crippen molar-refractivity contribution in [2.24, 2.45) is 0 Å². The van der Waals surface area contributed by atoms with Crippen molar-refractivity contribution in [1.29, 1.82) is 0 Å². The second-order valence-corrected chi connectivity index (χ2v) is 5.76. The van der Waals surface area contributed by atoms with Crippen molar-refractivity contribution < 1.29 is 19.1 Å². The molecule has 0 saturated carbocycles. The van der Waals surface area contributed by atoms with E-state index >= 15 is 0 Å². The summed E-state index contributed by atoms with van der Waals surface area (Å²) in [5.41, 5.74) is 2.78. The Balaban J connectivity index is 2.10. The summed E-state index contributed by atoms with van der Waals surface area (Å²) in [6, 6.07) is 17.9. The van der Waals surface area contributed by atoms with Gasteiger partial charge in [-0.1, -0.05) is 48.5 Å². The molecule has 0 bridgehead atoms. The normalized spacial score (nSPS) is 10.4. The molecule has 2 aromatic carbocycles. The number of carbonyl (C=O) groups is 2. The zero-order valence-electron chi connectivity index (χ0n) is 14.6. The van der Waals surface area contributed by atoms with Gasteiger partial charge in [-0.15, -0.1) is 0 Å². The molecule has 0 atom stereocenters. The largest absolute Gasteiger partial charge is 0.465 e. The highest BCUT2D eigenvalue weighted by Gasteiger charge is 2.20. The monoisotopic (exact) mass is 349 g/mol. The predicted octanol–water partition coefficient (Wildman–Crippen LogP) is 3.42. The maximum Gasteiger partial charge on any atom is 0.345 e. The van der Waals surface area contributed by atoms with Gasteiger partial charge in [0.15, 0.2) is 0 Å². The molecule has 1 aromatic heterocycles. The summed E-state index contributed by atoms with van der Waals surface area (Å²) in [6.07, 6.45) is 3.44. The number of ether oxygens (including phenoxy) is 2. The molecule has 0 aliphatic rings. The van der Waals surface area contributed by atoms with E-state index in [1.54, 1.807) is 0 Å². The Morgan fingerprint density at radius 2 is 1.54 bits per heavy atom. The van der Waals surface area contributed by atoms with Crippen LogP contribution in [0.5, 0.6) is 0 Å². The van der Waals surface area contributed by atoms with Crippen LogP contribution >= 0.6 is 0 Å². The molecule has 1 heterocycles. The summed E-state index contributed by atoms with van der Waals surface area (Å²) in [5.74, 6) is -1.45. The average molecular weight is 349 g/mol. The minimum absolute atomic E-state index is 0.141. The zero-order valence-corrected chi connectivity index (χ0v) is 14.6. The van der Waals surface area contributed by atoms with E-state index < -0.39 is 11.9 Å². The van der Waals surface area contributed by atoms with E-state index in [0.717, 1.165) is 22.0 Å². The summed E-state index contributed by atoms with van der Waals surface area (Å²) in [6.45, 7) is 0.682. The van der Waals surface area contributed by atoms with E-state index in [2.05, 4.69) is 16.7 Å². The molecule has 0 aliphatic carbocycles. The summed E-state index contributed by atoms with van der Waals surface area (Å²) < 4.78 is 11.5. The van der Waals surface area contributed by atoms with Crippen LogP contribution in [0.2, 0.25) is 0 Å². The van der Waals surface area contributed by atoms with E-state index in [9.17, 15) is 9.59 Å². The number of benzene rings is 2. The van der Waals surface area contributed by atoms with Gasteiger partial charge < -0.3 is 14.0 Å². The van der Waals surface area contributed by atoms with Crippen LogP contribution in [0.3, 0.4) is 0 Å². The van der Waals surface area contributed by atoms with Crippen LogP contribution in [0.1, 0.15) is 11.1 Å². The smallest absolute Gasteiger partial charge is 0.345 e. The molecule has 3 rings (SSSR count). The second-order valence-electron chi connectivity index (χ2n) is 5.76. The standard InChI is InChI=1S/C21H19NO4/c1-25-20(23)18(21(24)26-2)12-16-14-22(13-15-8-4-3-5-9-15)19-11-7-6-10-17(16)19/h3-12,14H,13H2,1-2H3. The molecular weight excluding hydrogens is 330 g/mol. The lowest BCUT2D eigenvalue weighted by Gasteiger charge is -2.05. The van der Waals surface area contributed by atoms with Crippen LogP contribution < -0.4 is 0 Å². The van der Waals surface area contributed by atoms with Crippen LogP contribution in [-0.2, 0) is 25.6 Å². The number of fused-ring (bicyclic) bond motifs is 1. The number of para-hydroxylation sites is 1. The Morgan fingerprint density at radius 1 is 0.923 bits per heavy atom. The van der Waals surface area contributed by atoms with Gasteiger partial charge in [-0.25, -0.2) is 9.59 Å². The number of aromatic nitrogens is 1. The lowest BCUT2D eigenvalue weighted by Crippen LogP contribution is -2.15. The van der Waals surface area contributed by atoms with Gasteiger partial charge in [0.1, 0.15) is 5.57 Å². The van der Waals surface area contributed by atoms with Crippen molar-refractivity contribution in [3.8, 4) is 0 Å². The van der Waals surface area contributed by atoms with Gasteiger partial charge >= 0.3 is 11.9 Å². The highest BCUT2D eigenvalue weighted by atomic mass is 16.5. The van der Waals surface area contributed by atoms with Crippen molar-refractivity contribution in [2.45, 2.75) is 6.54 Å². The van der Waals surface area contributed by atoms with E-state index in [1.165, 1.54) is 20.3 Å². The SMILES string of the molecule is COC(=O)C(=Cc1cn(Cc2ccccc2)c2ccccc12)C(=O)OC. The van der Waals surface area contributed by atoms with E-state index in [1.807, 2.05) is 48.7 Å².